The number of esters is 2. The van der Waals surface area contributed by atoms with Crippen LogP contribution in [0.25, 0.3) is 0 Å². The van der Waals surface area contributed by atoms with E-state index in [-0.39, 0.29) is 5.70 Å². The summed E-state index contributed by atoms with van der Waals surface area (Å²) in [7, 11) is 2.28. The highest BCUT2D eigenvalue weighted by molar-refractivity contribution is 6.23. The molecule has 0 radical (unpaired) electrons. The zero-order valence-electron chi connectivity index (χ0n) is 10.3. The summed E-state index contributed by atoms with van der Waals surface area (Å²) in [5.41, 5.74) is 0.269. The van der Waals surface area contributed by atoms with Gasteiger partial charge in [-0.2, -0.15) is 0 Å². The van der Waals surface area contributed by atoms with E-state index in [1.165, 1.54) is 19.3 Å². The number of fused-ring (bicyclic) bond motifs is 1. The van der Waals surface area contributed by atoms with Crippen LogP contribution in [0.4, 0.5) is 0 Å². The molecule has 2 aliphatic heterocycles. The van der Waals surface area contributed by atoms with E-state index in [4.69, 9.17) is 0 Å². The Balaban J connectivity index is 2.38. The number of nitrogens with zero attached hydrogens (tertiary/aromatic N) is 1. The van der Waals surface area contributed by atoms with Crippen molar-refractivity contribution in [1.29, 1.82) is 0 Å². The van der Waals surface area contributed by atoms with Gasteiger partial charge in [0, 0.05) is 11.8 Å². The van der Waals surface area contributed by atoms with E-state index in [0.717, 1.165) is 18.1 Å². The molecule has 2 atom stereocenters. The first kappa shape index (κ1) is 13.0. The molecule has 7 nitrogen and oxygen atoms in total. The van der Waals surface area contributed by atoms with Gasteiger partial charge in [-0.1, -0.05) is 0 Å². The largest absolute Gasteiger partial charge is 0.468 e. The number of carbonyl (C=O) groups is 4. The fraction of sp³-hybridized carbons (Fsp3) is 0.333. The molecule has 19 heavy (non-hydrogen) atoms. The Morgan fingerprint density at radius 1 is 1.16 bits per heavy atom. The maximum atomic E-state index is 12.2. The Labute approximate surface area is 108 Å². The molecular formula is C12H11NO6. The van der Waals surface area contributed by atoms with Gasteiger partial charge in [0.2, 0.25) is 5.91 Å². The van der Waals surface area contributed by atoms with Crippen molar-refractivity contribution < 1.29 is 28.7 Å². The molecule has 2 aliphatic rings. The Hall–Kier alpha value is -2.44. The lowest BCUT2D eigenvalue weighted by molar-refractivity contribution is -0.160. The molecule has 0 spiro atoms. The van der Waals surface area contributed by atoms with Gasteiger partial charge in [0.15, 0.2) is 17.7 Å². The molecule has 0 aromatic rings. The average Bonchev–Trinajstić information content (AvgIpc) is 2.81. The molecule has 0 saturated heterocycles. The van der Waals surface area contributed by atoms with Gasteiger partial charge in [0.25, 0.3) is 0 Å². The number of rotatable bonds is 2. The minimum atomic E-state index is -1.55. The summed E-state index contributed by atoms with van der Waals surface area (Å²) in [6.07, 6.45) is 4.04. The van der Waals surface area contributed by atoms with Crippen molar-refractivity contribution in [3.8, 4) is 0 Å². The Morgan fingerprint density at radius 3 is 2.37 bits per heavy atom. The third kappa shape index (κ3) is 1.92. The van der Waals surface area contributed by atoms with E-state index in [0.29, 0.717) is 0 Å². The van der Waals surface area contributed by atoms with Crippen LogP contribution in [-0.4, -0.2) is 48.8 Å². The molecule has 0 aromatic carbocycles. The van der Waals surface area contributed by atoms with Crippen LogP contribution in [0.5, 0.6) is 0 Å². The highest BCUT2D eigenvalue weighted by Crippen LogP contribution is 2.28. The Bertz CT molecular complexity index is 532. The molecule has 7 heteroatoms. The third-order valence-electron chi connectivity index (χ3n) is 2.94. The topological polar surface area (TPSA) is 90.0 Å². The number of hydrogen-bond donors (Lipinski definition) is 0. The summed E-state index contributed by atoms with van der Waals surface area (Å²) in [4.78, 5) is 48.0. The van der Waals surface area contributed by atoms with Crippen LogP contribution in [0.15, 0.2) is 23.9 Å². The third-order valence-corrected chi connectivity index (χ3v) is 2.94. The molecule has 2 heterocycles. The lowest BCUT2D eigenvalue weighted by Crippen LogP contribution is -2.50. The van der Waals surface area contributed by atoms with Gasteiger partial charge >= 0.3 is 11.9 Å². The van der Waals surface area contributed by atoms with Crippen molar-refractivity contribution in [1.82, 2.24) is 4.90 Å². The summed E-state index contributed by atoms with van der Waals surface area (Å²) in [5, 5.41) is 0. The van der Waals surface area contributed by atoms with Crippen LogP contribution < -0.4 is 0 Å². The van der Waals surface area contributed by atoms with E-state index in [2.05, 4.69) is 9.47 Å². The normalized spacial score (nSPS) is 24.9. The van der Waals surface area contributed by atoms with Crippen molar-refractivity contribution in [3.05, 3.63) is 23.9 Å². The zero-order chi connectivity index (χ0) is 14.2. The van der Waals surface area contributed by atoms with E-state index in [9.17, 15) is 19.2 Å². The molecule has 0 aromatic heterocycles. The van der Waals surface area contributed by atoms with Crippen LogP contribution in [0.1, 0.15) is 0 Å². The lowest BCUT2D eigenvalue weighted by Gasteiger charge is -2.29. The summed E-state index contributed by atoms with van der Waals surface area (Å²) in [6, 6.07) is -0.955. The maximum absolute atomic E-state index is 12.2. The number of amides is 1. The molecule has 0 aliphatic carbocycles. The zero-order valence-corrected chi connectivity index (χ0v) is 10.3. The summed E-state index contributed by atoms with van der Waals surface area (Å²) in [6.45, 7) is 0. The predicted molar refractivity (Wildman–Crippen MR) is 60.4 cm³/mol. The van der Waals surface area contributed by atoms with Crippen molar-refractivity contribution in [2.45, 2.75) is 6.04 Å². The number of allylic oxidation sites excluding steroid dienone is 2. The molecule has 2 rings (SSSR count). The smallest absolute Gasteiger partial charge is 0.333 e. The van der Waals surface area contributed by atoms with Gasteiger partial charge in [-0.15, -0.1) is 0 Å². The molecular weight excluding hydrogens is 254 g/mol. The van der Waals surface area contributed by atoms with E-state index in [1.54, 1.807) is 0 Å². The summed E-state index contributed by atoms with van der Waals surface area (Å²) in [5.74, 6) is -4.58. The molecule has 1 amide bonds. The summed E-state index contributed by atoms with van der Waals surface area (Å²) >= 11 is 0. The quantitative estimate of drug-likeness (QED) is 0.479. The number of hydrogen-bond acceptors (Lipinski definition) is 6. The second-order valence-electron chi connectivity index (χ2n) is 3.96. The second kappa shape index (κ2) is 4.68. The monoisotopic (exact) mass is 265 g/mol. The van der Waals surface area contributed by atoms with Crippen LogP contribution in [0.2, 0.25) is 0 Å². The van der Waals surface area contributed by atoms with Crippen molar-refractivity contribution in [3.63, 3.8) is 0 Å². The van der Waals surface area contributed by atoms with Crippen molar-refractivity contribution in [2.75, 3.05) is 14.2 Å². The fourth-order valence-corrected chi connectivity index (χ4v) is 2.03. The van der Waals surface area contributed by atoms with E-state index < -0.39 is 35.6 Å². The van der Waals surface area contributed by atoms with Crippen LogP contribution in [0, 0.1) is 5.92 Å². The second-order valence-corrected chi connectivity index (χ2v) is 3.96. The molecule has 0 saturated carbocycles. The maximum Gasteiger partial charge on any atom is 0.333 e. The van der Waals surface area contributed by atoms with Gasteiger partial charge in [0.1, 0.15) is 0 Å². The number of carbonyl (C=O) groups excluding carboxylic acids is 4. The van der Waals surface area contributed by atoms with Crippen LogP contribution in [-0.2, 0) is 28.7 Å². The highest BCUT2D eigenvalue weighted by atomic mass is 16.5. The molecule has 0 N–H and O–H groups in total. The average molecular weight is 265 g/mol. The number of ether oxygens (including phenoxy) is 2. The van der Waals surface area contributed by atoms with Crippen molar-refractivity contribution in [2.24, 2.45) is 5.92 Å². The fourth-order valence-electron chi connectivity index (χ4n) is 2.03. The minimum absolute atomic E-state index is 0.269. The molecule has 1 unspecified atom stereocenters. The predicted octanol–water partition coefficient (Wildman–Crippen LogP) is -0.818. The first-order valence-electron chi connectivity index (χ1n) is 5.43. The van der Waals surface area contributed by atoms with Gasteiger partial charge in [-0.05, 0) is 12.2 Å². The van der Waals surface area contributed by atoms with Gasteiger partial charge < -0.3 is 9.47 Å². The SMILES string of the molecule is COC(=O)C1C(=O)C=C2C=C[C@@H](C(=O)OC)N2C1=O. The van der Waals surface area contributed by atoms with Crippen LogP contribution >= 0.6 is 0 Å². The van der Waals surface area contributed by atoms with Gasteiger partial charge in [-0.25, -0.2) is 4.79 Å². The Kier molecular flexibility index (Phi) is 3.20. The minimum Gasteiger partial charge on any atom is -0.468 e. The number of ketones is 1. The summed E-state index contributed by atoms with van der Waals surface area (Å²) < 4.78 is 9.00. The lowest BCUT2D eigenvalue weighted by atomic mass is 9.97. The highest BCUT2D eigenvalue weighted by Gasteiger charge is 2.47. The standard InChI is InChI=1S/C12H11NO6/c1-18-11(16)7-4-3-6-5-8(14)9(12(17)19-2)10(15)13(6)7/h3-5,7,9H,1-2H3/t7-,9?/m0/s1. The van der Waals surface area contributed by atoms with E-state index >= 15 is 0 Å². The Morgan fingerprint density at radius 2 is 1.79 bits per heavy atom. The van der Waals surface area contributed by atoms with Crippen LogP contribution in [0.3, 0.4) is 0 Å². The van der Waals surface area contributed by atoms with E-state index in [1.807, 2.05) is 0 Å². The molecule has 100 valence electrons. The first-order chi connectivity index (χ1) is 9.01. The van der Waals surface area contributed by atoms with Crippen molar-refractivity contribution >= 4 is 23.6 Å². The van der Waals surface area contributed by atoms with Gasteiger partial charge in [0.05, 0.1) is 14.2 Å². The van der Waals surface area contributed by atoms with Gasteiger partial charge in [-0.3, -0.25) is 19.3 Å². The molecule has 0 bridgehead atoms. The number of methoxy groups -OCH3 is 2. The first-order valence-corrected chi connectivity index (χ1v) is 5.43. The molecule has 0 fully saturated rings.